The minimum absolute atomic E-state index is 0.130. The van der Waals surface area contributed by atoms with Gasteiger partial charge in [0.25, 0.3) is 0 Å². The third-order valence-corrected chi connectivity index (χ3v) is 7.42. The number of carbonyl (C=O) groups excluding carboxylic acids is 2. The zero-order valence-electron chi connectivity index (χ0n) is 25.1. The van der Waals surface area contributed by atoms with Crippen molar-refractivity contribution >= 4 is 18.1 Å². The third-order valence-electron chi connectivity index (χ3n) is 7.42. The normalized spacial score (nSPS) is 11.2. The zero-order valence-corrected chi connectivity index (χ0v) is 25.1. The van der Waals surface area contributed by atoms with Crippen molar-refractivity contribution in [3.8, 4) is 17.1 Å². The molecule has 220 valence electrons. The highest BCUT2D eigenvalue weighted by atomic mass is 16.5. The standard InChI is InChI=1S/C34H34N4O5/c1-21-10-11-22(2)37(21)27-12-14-28(15-13-27)42-20-29-16-17-32(43-29)33(39)36-35-19-26-18-23(3)38(25(26)5)31-9-7-8-30(24(31)4)34(40)41-6/h7-19H,20H2,1-6H3,(H,36,39)/b35-19+. The lowest BCUT2D eigenvalue weighted by atomic mass is 10.1. The van der Waals surface area contributed by atoms with Gasteiger partial charge >= 0.3 is 11.9 Å². The summed E-state index contributed by atoms with van der Waals surface area (Å²) in [5.74, 6) is 0.489. The van der Waals surface area contributed by atoms with Crippen LogP contribution in [0.15, 0.2) is 82.3 Å². The van der Waals surface area contributed by atoms with E-state index < -0.39 is 5.91 Å². The fourth-order valence-electron chi connectivity index (χ4n) is 5.20. The Hall–Kier alpha value is -5.31. The Labute approximate surface area is 250 Å². The molecule has 1 N–H and O–H groups in total. The number of nitrogens with one attached hydrogen (secondary N) is 1. The van der Waals surface area contributed by atoms with Crippen LogP contribution in [0.1, 0.15) is 60.6 Å². The van der Waals surface area contributed by atoms with Gasteiger partial charge in [-0.1, -0.05) is 6.07 Å². The van der Waals surface area contributed by atoms with Gasteiger partial charge in [0.15, 0.2) is 5.76 Å². The number of carbonyl (C=O) groups is 2. The summed E-state index contributed by atoms with van der Waals surface area (Å²) in [5, 5.41) is 4.15. The summed E-state index contributed by atoms with van der Waals surface area (Å²) in [5.41, 5.74) is 10.8. The minimum atomic E-state index is -0.472. The first-order chi connectivity index (χ1) is 20.7. The molecule has 0 unspecified atom stereocenters. The number of aromatic nitrogens is 2. The number of methoxy groups -OCH3 is 1. The summed E-state index contributed by atoms with van der Waals surface area (Å²) in [6.45, 7) is 10.1. The fourth-order valence-corrected chi connectivity index (χ4v) is 5.20. The largest absolute Gasteiger partial charge is 0.486 e. The van der Waals surface area contributed by atoms with E-state index in [1.54, 1.807) is 24.4 Å². The molecule has 0 atom stereocenters. The maximum Gasteiger partial charge on any atom is 0.338 e. The monoisotopic (exact) mass is 578 g/mol. The average molecular weight is 579 g/mol. The number of esters is 1. The van der Waals surface area contributed by atoms with E-state index in [9.17, 15) is 9.59 Å². The number of rotatable bonds is 9. The van der Waals surface area contributed by atoms with Crippen molar-refractivity contribution in [2.24, 2.45) is 5.10 Å². The number of hydrogen-bond donors (Lipinski definition) is 1. The third kappa shape index (κ3) is 6.01. The van der Waals surface area contributed by atoms with Crippen molar-refractivity contribution in [1.29, 1.82) is 0 Å². The first-order valence-electron chi connectivity index (χ1n) is 13.9. The molecule has 0 radical (unpaired) electrons. The molecule has 0 saturated carbocycles. The van der Waals surface area contributed by atoms with Crippen molar-refractivity contribution in [2.75, 3.05) is 7.11 Å². The van der Waals surface area contributed by atoms with Crippen molar-refractivity contribution in [3.05, 3.63) is 124 Å². The topological polar surface area (TPSA) is 100.0 Å². The molecule has 43 heavy (non-hydrogen) atoms. The van der Waals surface area contributed by atoms with Crippen molar-refractivity contribution < 1.29 is 23.5 Å². The number of furan rings is 1. The molecule has 0 fully saturated rings. The quantitative estimate of drug-likeness (QED) is 0.122. The van der Waals surface area contributed by atoms with E-state index in [4.69, 9.17) is 13.9 Å². The Kier molecular flexibility index (Phi) is 8.34. The van der Waals surface area contributed by atoms with Crippen molar-refractivity contribution in [1.82, 2.24) is 14.6 Å². The molecule has 0 bridgehead atoms. The Morgan fingerprint density at radius 2 is 1.60 bits per heavy atom. The van der Waals surface area contributed by atoms with E-state index in [1.165, 1.54) is 18.5 Å². The highest BCUT2D eigenvalue weighted by molar-refractivity contribution is 5.93. The molecule has 9 heteroatoms. The van der Waals surface area contributed by atoms with Crippen molar-refractivity contribution in [2.45, 2.75) is 41.2 Å². The Bertz CT molecular complexity index is 1800. The van der Waals surface area contributed by atoms with Crippen LogP contribution in [0, 0.1) is 34.6 Å². The molecule has 0 aliphatic heterocycles. The second kappa shape index (κ2) is 12.3. The summed E-state index contributed by atoms with van der Waals surface area (Å²) < 4.78 is 20.7. The van der Waals surface area contributed by atoms with E-state index in [0.29, 0.717) is 17.1 Å². The van der Waals surface area contributed by atoms with Crippen LogP contribution in [0.25, 0.3) is 11.4 Å². The first kappa shape index (κ1) is 29.2. The van der Waals surface area contributed by atoms with Crippen LogP contribution < -0.4 is 10.2 Å². The molecule has 2 aromatic carbocycles. The molecular weight excluding hydrogens is 544 g/mol. The van der Waals surface area contributed by atoms with Crippen molar-refractivity contribution in [3.63, 3.8) is 0 Å². The summed E-state index contributed by atoms with van der Waals surface area (Å²) in [4.78, 5) is 24.8. The van der Waals surface area contributed by atoms with Crippen LogP contribution in [0.4, 0.5) is 0 Å². The van der Waals surface area contributed by atoms with Crippen LogP contribution >= 0.6 is 0 Å². The minimum Gasteiger partial charge on any atom is -0.486 e. The van der Waals surface area contributed by atoms with E-state index in [2.05, 4.69) is 41.1 Å². The number of hydrazone groups is 1. The predicted molar refractivity (Wildman–Crippen MR) is 165 cm³/mol. The lowest BCUT2D eigenvalue weighted by molar-refractivity contribution is 0.0599. The number of aryl methyl sites for hydroxylation is 3. The number of hydrogen-bond acceptors (Lipinski definition) is 6. The van der Waals surface area contributed by atoms with E-state index in [0.717, 1.165) is 33.9 Å². The van der Waals surface area contributed by atoms with Crippen LogP contribution in [0.3, 0.4) is 0 Å². The summed E-state index contributed by atoms with van der Waals surface area (Å²) in [6, 6.07) is 22.8. The molecular formula is C34H34N4O5. The average Bonchev–Trinajstić information content (AvgIpc) is 3.69. The molecule has 0 aliphatic carbocycles. The predicted octanol–water partition coefficient (Wildman–Crippen LogP) is 6.53. The van der Waals surface area contributed by atoms with Gasteiger partial charge in [-0.05, 0) is 107 Å². The Morgan fingerprint density at radius 3 is 2.30 bits per heavy atom. The van der Waals surface area contributed by atoms with Gasteiger partial charge < -0.3 is 23.0 Å². The Balaban J connectivity index is 1.20. The number of benzene rings is 2. The molecule has 9 nitrogen and oxygen atoms in total. The number of amides is 1. The van der Waals surface area contributed by atoms with E-state index in [-0.39, 0.29) is 18.3 Å². The maximum atomic E-state index is 12.7. The summed E-state index contributed by atoms with van der Waals surface area (Å²) in [7, 11) is 1.37. The molecule has 3 heterocycles. The summed E-state index contributed by atoms with van der Waals surface area (Å²) in [6.07, 6.45) is 1.59. The molecule has 3 aromatic heterocycles. The van der Waals surface area contributed by atoms with Crippen LogP contribution in [0.5, 0.6) is 5.75 Å². The molecule has 0 spiro atoms. The second-order valence-corrected chi connectivity index (χ2v) is 10.3. The van der Waals surface area contributed by atoms with Gasteiger partial charge in [0, 0.05) is 39.7 Å². The van der Waals surface area contributed by atoms with E-state index >= 15 is 0 Å². The van der Waals surface area contributed by atoms with Gasteiger partial charge in [-0.3, -0.25) is 4.79 Å². The van der Waals surface area contributed by atoms with E-state index in [1.807, 2.05) is 67.8 Å². The molecule has 5 rings (SSSR count). The Morgan fingerprint density at radius 1 is 0.884 bits per heavy atom. The molecule has 0 saturated heterocycles. The van der Waals surface area contributed by atoms with Crippen LogP contribution in [-0.4, -0.2) is 34.3 Å². The fraction of sp³-hybridized carbons (Fsp3) is 0.206. The molecule has 0 aliphatic rings. The number of nitrogens with zero attached hydrogens (tertiary/aromatic N) is 3. The first-order valence-corrected chi connectivity index (χ1v) is 13.9. The maximum absolute atomic E-state index is 12.7. The van der Waals surface area contributed by atoms with Crippen LogP contribution in [-0.2, 0) is 11.3 Å². The smallest absolute Gasteiger partial charge is 0.338 e. The highest BCUT2D eigenvalue weighted by Gasteiger charge is 2.17. The SMILES string of the molecule is COC(=O)c1cccc(-n2c(C)cc(/C=N/NC(=O)c3ccc(COc4ccc(-n5c(C)ccc5C)cc4)o3)c2C)c1C. The van der Waals surface area contributed by atoms with Gasteiger partial charge in [-0.15, -0.1) is 0 Å². The van der Waals surface area contributed by atoms with Gasteiger partial charge in [0.2, 0.25) is 0 Å². The zero-order chi connectivity index (χ0) is 30.7. The second-order valence-electron chi connectivity index (χ2n) is 10.3. The van der Waals surface area contributed by atoms with Gasteiger partial charge in [-0.25, -0.2) is 10.2 Å². The van der Waals surface area contributed by atoms with Crippen LogP contribution in [0.2, 0.25) is 0 Å². The molecule has 1 amide bonds. The molecule has 5 aromatic rings. The highest BCUT2D eigenvalue weighted by Crippen LogP contribution is 2.25. The van der Waals surface area contributed by atoms with Gasteiger partial charge in [0.1, 0.15) is 18.1 Å². The summed E-state index contributed by atoms with van der Waals surface area (Å²) >= 11 is 0. The van der Waals surface area contributed by atoms with Gasteiger partial charge in [0.05, 0.1) is 18.9 Å². The van der Waals surface area contributed by atoms with Gasteiger partial charge in [-0.2, -0.15) is 5.10 Å². The lowest BCUT2D eigenvalue weighted by Crippen LogP contribution is -2.16. The lowest BCUT2D eigenvalue weighted by Gasteiger charge is -2.15. The number of ether oxygens (including phenoxy) is 2.